The van der Waals surface area contributed by atoms with Gasteiger partial charge >= 0.3 is 6.09 Å². The molecule has 0 saturated carbocycles. The average molecular weight is 488 g/mol. The number of para-hydroxylation sites is 1. The largest absolute Gasteiger partial charge is 0.444 e. The first-order valence-electron chi connectivity index (χ1n) is 11.9. The monoisotopic (exact) mass is 487 g/mol. The minimum atomic E-state index is -0.659. The van der Waals surface area contributed by atoms with Crippen LogP contribution in [-0.2, 0) is 14.3 Å². The molecule has 1 saturated heterocycles. The van der Waals surface area contributed by atoms with Gasteiger partial charge < -0.3 is 24.6 Å². The van der Waals surface area contributed by atoms with Crippen LogP contribution >= 0.6 is 0 Å². The molecular weight excluding hydrogens is 450 g/mol. The van der Waals surface area contributed by atoms with E-state index >= 15 is 0 Å². The summed E-state index contributed by atoms with van der Waals surface area (Å²) < 4.78 is 13.0. The molecule has 1 N–H and O–H groups in total. The number of carbonyl (C=O) groups excluding carboxylic acids is 3. The van der Waals surface area contributed by atoms with E-state index in [1.807, 2.05) is 42.8 Å². The minimum Gasteiger partial charge on any atom is -0.444 e. The molecule has 2 heterocycles. The van der Waals surface area contributed by atoms with Crippen LogP contribution in [0.4, 0.5) is 4.79 Å². The van der Waals surface area contributed by atoms with Crippen molar-refractivity contribution in [1.29, 1.82) is 0 Å². The second kappa shape index (κ2) is 10.6. The lowest BCUT2D eigenvalue weighted by Gasteiger charge is -2.28. The third kappa shape index (κ3) is 6.50. The summed E-state index contributed by atoms with van der Waals surface area (Å²) in [5, 5.41) is 8.39. The lowest BCUT2D eigenvalue weighted by molar-refractivity contribution is -0.134. The lowest BCUT2D eigenvalue weighted by Crippen LogP contribution is -2.43. The minimum absolute atomic E-state index is 0.0820. The highest BCUT2D eigenvalue weighted by molar-refractivity contribution is 6.05. The van der Waals surface area contributed by atoms with Crippen LogP contribution < -0.4 is 5.32 Å². The molecule has 2 aromatic rings. The van der Waals surface area contributed by atoms with Gasteiger partial charge in [0.05, 0.1) is 18.2 Å². The predicted molar refractivity (Wildman–Crippen MR) is 132 cm³/mol. The average Bonchev–Trinajstić information content (AvgIpc) is 3.34. The fraction of sp³-hybridized carbons (Fsp3) is 0.600. The van der Waals surface area contributed by atoms with Crippen molar-refractivity contribution in [3.8, 4) is 0 Å². The van der Waals surface area contributed by atoms with Crippen LogP contribution in [0.1, 0.15) is 57.6 Å². The van der Waals surface area contributed by atoms with Gasteiger partial charge in [0.25, 0.3) is 5.91 Å². The molecular formula is C25H37N5O5. The van der Waals surface area contributed by atoms with Gasteiger partial charge in [-0.1, -0.05) is 18.2 Å². The number of hydrogen-bond acceptors (Lipinski definition) is 6. The first kappa shape index (κ1) is 26.5. The molecule has 1 aliphatic rings. The van der Waals surface area contributed by atoms with Gasteiger partial charge in [-0.15, -0.1) is 0 Å². The maximum absolute atomic E-state index is 13.2. The van der Waals surface area contributed by atoms with E-state index in [0.717, 1.165) is 10.9 Å². The molecule has 192 valence electrons. The quantitative estimate of drug-likeness (QED) is 0.644. The third-order valence-corrected chi connectivity index (χ3v) is 5.73. The number of carbonyl (C=O) groups is 3. The first-order valence-corrected chi connectivity index (χ1v) is 11.9. The van der Waals surface area contributed by atoms with Crippen LogP contribution in [0.2, 0.25) is 0 Å². The second-order valence-corrected chi connectivity index (χ2v) is 10.4. The highest BCUT2D eigenvalue weighted by atomic mass is 16.6. The smallest absolute Gasteiger partial charge is 0.410 e. The van der Waals surface area contributed by atoms with Crippen molar-refractivity contribution in [2.24, 2.45) is 0 Å². The number of nitrogens with one attached hydrogen (secondary N) is 1. The number of amides is 3. The Morgan fingerprint density at radius 1 is 1.20 bits per heavy atom. The summed E-state index contributed by atoms with van der Waals surface area (Å²) in [6.45, 7) is 9.80. The summed E-state index contributed by atoms with van der Waals surface area (Å²) in [5.41, 5.74) is 0.591. The van der Waals surface area contributed by atoms with E-state index in [2.05, 4.69) is 10.4 Å². The third-order valence-electron chi connectivity index (χ3n) is 5.73. The highest BCUT2D eigenvalue weighted by Gasteiger charge is 2.39. The summed E-state index contributed by atoms with van der Waals surface area (Å²) >= 11 is 0. The molecule has 10 nitrogen and oxygen atoms in total. The SMILES string of the molecule is CC(C)n1nc(C(=O)N[C@H]2C[C@@H](COCC(=O)N(C)C)N(C(=O)OC(C)(C)C)C2)c2ccccc21. The number of fused-ring (bicyclic) bond motifs is 1. The Morgan fingerprint density at radius 2 is 1.89 bits per heavy atom. The van der Waals surface area contributed by atoms with Crippen LogP contribution in [0.25, 0.3) is 10.9 Å². The molecule has 0 radical (unpaired) electrons. The fourth-order valence-electron chi connectivity index (χ4n) is 4.04. The number of likely N-dealkylation sites (tertiary alicyclic amines) is 1. The Morgan fingerprint density at radius 3 is 2.51 bits per heavy atom. The normalized spacial score (nSPS) is 18.2. The number of benzene rings is 1. The number of ether oxygens (including phenoxy) is 2. The first-order chi connectivity index (χ1) is 16.4. The van der Waals surface area contributed by atoms with Crippen molar-refractivity contribution in [2.75, 3.05) is 33.9 Å². The molecule has 1 aromatic heterocycles. The summed E-state index contributed by atoms with van der Waals surface area (Å²) in [6, 6.07) is 7.09. The van der Waals surface area contributed by atoms with Crippen molar-refractivity contribution >= 4 is 28.8 Å². The zero-order chi connectivity index (χ0) is 25.9. The zero-order valence-electron chi connectivity index (χ0n) is 21.7. The molecule has 35 heavy (non-hydrogen) atoms. The predicted octanol–water partition coefficient (Wildman–Crippen LogP) is 2.83. The molecule has 1 aromatic carbocycles. The number of likely N-dealkylation sites (N-methyl/N-ethyl adjacent to an activating group) is 1. The molecule has 0 unspecified atom stereocenters. The maximum Gasteiger partial charge on any atom is 0.410 e. The van der Waals surface area contributed by atoms with Gasteiger partial charge in [0, 0.05) is 38.1 Å². The molecule has 2 atom stereocenters. The zero-order valence-corrected chi connectivity index (χ0v) is 21.7. The Hall–Kier alpha value is -3.14. The Labute approximate surface area is 206 Å². The van der Waals surface area contributed by atoms with E-state index in [9.17, 15) is 14.4 Å². The van der Waals surface area contributed by atoms with Gasteiger partial charge in [0.2, 0.25) is 5.91 Å². The summed E-state index contributed by atoms with van der Waals surface area (Å²) in [5.74, 6) is -0.455. The van der Waals surface area contributed by atoms with Crippen molar-refractivity contribution in [1.82, 2.24) is 24.9 Å². The molecule has 0 aliphatic carbocycles. The molecule has 1 aliphatic heterocycles. The van der Waals surface area contributed by atoms with Crippen LogP contribution in [0.5, 0.6) is 0 Å². The van der Waals surface area contributed by atoms with E-state index in [-0.39, 0.29) is 49.7 Å². The standard InChI is InChI=1S/C25H37N5O5/c1-16(2)30-20-11-9-8-10-19(20)22(27-30)23(32)26-17-12-18(14-34-15-21(31)28(6)7)29(13-17)24(33)35-25(3,4)5/h8-11,16-18H,12-15H2,1-7H3,(H,26,32)/t17-,18-/m0/s1. The summed E-state index contributed by atoms with van der Waals surface area (Å²) in [7, 11) is 3.31. The van der Waals surface area contributed by atoms with Crippen LogP contribution in [-0.4, -0.2) is 89.0 Å². The van der Waals surface area contributed by atoms with E-state index in [0.29, 0.717) is 12.1 Å². The van der Waals surface area contributed by atoms with Crippen molar-refractivity contribution in [3.05, 3.63) is 30.0 Å². The lowest BCUT2D eigenvalue weighted by atomic mass is 10.1. The van der Waals surface area contributed by atoms with E-state index in [1.165, 1.54) is 4.90 Å². The van der Waals surface area contributed by atoms with E-state index in [4.69, 9.17) is 9.47 Å². The fourth-order valence-corrected chi connectivity index (χ4v) is 4.04. The molecule has 10 heteroatoms. The Balaban J connectivity index is 1.74. The van der Waals surface area contributed by atoms with Crippen molar-refractivity contribution in [2.45, 2.75) is 64.8 Å². The van der Waals surface area contributed by atoms with E-state index < -0.39 is 11.7 Å². The van der Waals surface area contributed by atoms with Crippen LogP contribution in [0.3, 0.4) is 0 Å². The van der Waals surface area contributed by atoms with Gasteiger partial charge in [-0.2, -0.15) is 5.10 Å². The number of nitrogens with zero attached hydrogens (tertiary/aromatic N) is 4. The topological polar surface area (TPSA) is 106 Å². The van der Waals surface area contributed by atoms with Gasteiger partial charge in [0.1, 0.15) is 12.2 Å². The summed E-state index contributed by atoms with van der Waals surface area (Å²) in [4.78, 5) is 41.0. The molecule has 3 amide bonds. The van der Waals surface area contributed by atoms with Gasteiger partial charge in [-0.3, -0.25) is 14.3 Å². The van der Waals surface area contributed by atoms with Gasteiger partial charge in [-0.05, 0) is 47.1 Å². The van der Waals surface area contributed by atoms with Gasteiger partial charge in [0.15, 0.2) is 5.69 Å². The molecule has 1 fully saturated rings. The van der Waals surface area contributed by atoms with Crippen LogP contribution in [0, 0.1) is 0 Å². The number of rotatable bonds is 7. The Bertz CT molecular complexity index is 1070. The number of hydrogen-bond donors (Lipinski definition) is 1. The Kier molecular flexibility index (Phi) is 8.04. The van der Waals surface area contributed by atoms with Crippen molar-refractivity contribution in [3.63, 3.8) is 0 Å². The number of aromatic nitrogens is 2. The summed E-state index contributed by atoms with van der Waals surface area (Å²) in [6.07, 6.45) is 0.000521. The van der Waals surface area contributed by atoms with E-state index in [1.54, 1.807) is 39.8 Å². The van der Waals surface area contributed by atoms with Gasteiger partial charge in [-0.25, -0.2) is 4.79 Å². The van der Waals surface area contributed by atoms with Crippen LogP contribution in [0.15, 0.2) is 24.3 Å². The molecule has 0 bridgehead atoms. The molecule has 0 spiro atoms. The second-order valence-electron chi connectivity index (χ2n) is 10.4. The van der Waals surface area contributed by atoms with Crippen molar-refractivity contribution < 1.29 is 23.9 Å². The molecule has 3 rings (SSSR count). The highest BCUT2D eigenvalue weighted by Crippen LogP contribution is 2.24. The maximum atomic E-state index is 13.2.